The number of benzene rings is 2. The maximum Gasteiger partial charge on any atom is 0.319 e. The Kier molecular flexibility index (Phi) is 4.94. The van der Waals surface area contributed by atoms with Crippen LogP contribution >= 0.6 is 23.2 Å². The monoisotopic (exact) mass is 323 g/mol. The Labute approximate surface area is 133 Å². The lowest BCUT2D eigenvalue weighted by Crippen LogP contribution is -2.31. The van der Waals surface area contributed by atoms with Crippen molar-refractivity contribution in [3.8, 4) is 0 Å². The molecule has 0 aliphatic rings. The zero-order valence-electron chi connectivity index (χ0n) is 11.4. The number of urea groups is 1. The molecule has 1 atom stereocenters. The van der Waals surface area contributed by atoms with Gasteiger partial charge in [0.15, 0.2) is 0 Å². The molecule has 0 aromatic heterocycles. The van der Waals surface area contributed by atoms with Crippen molar-refractivity contribution in [3.05, 3.63) is 58.1 Å². The Balaban J connectivity index is 2.00. The van der Waals surface area contributed by atoms with Crippen molar-refractivity contribution in [3.63, 3.8) is 0 Å². The normalized spacial score (nSPS) is 11.8. The molecule has 4 nitrogen and oxygen atoms in total. The van der Waals surface area contributed by atoms with Crippen LogP contribution in [0.2, 0.25) is 10.0 Å². The molecule has 2 aromatic carbocycles. The molecule has 0 heterocycles. The molecule has 110 valence electrons. The third kappa shape index (κ3) is 4.28. The van der Waals surface area contributed by atoms with E-state index in [0.717, 1.165) is 5.56 Å². The zero-order valence-corrected chi connectivity index (χ0v) is 12.9. The second kappa shape index (κ2) is 6.70. The number of rotatable bonds is 3. The first-order valence-corrected chi connectivity index (χ1v) is 7.09. The minimum absolute atomic E-state index is 0.247. The van der Waals surface area contributed by atoms with E-state index in [0.29, 0.717) is 21.4 Å². The number of carbonyl (C=O) groups is 1. The van der Waals surface area contributed by atoms with E-state index in [9.17, 15) is 4.79 Å². The van der Waals surface area contributed by atoms with Gasteiger partial charge in [-0.3, -0.25) is 0 Å². The van der Waals surface area contributed by atoms with Gasteiger partial charge in [0, 0.05) is 21.4 Å². The summed E-state index contributed by atoms with van der Waals surface area (Å²) in [5, 5.41) is 6.61. The summed E-state index contributed by atoms with van der Waals surface area (Å²) in [4.78, 5) is 11.9. The molecule has 0 fully saturated rings. The minimum Gasteiger partial charge on any atom is -0.399 e. The molecular formula is C15H15Cl2N3O. The van der Waals surface area contributed by atoms with Crippen molar-refractivity contribution in [2.45, 2.75) is 13.0 Å². The van der Waals surface area contributed by atoms with Gasteiger partial charge in [-0.2, -0.15) is 0 Å². The largest absolute Gasteiger partial charge is 0.399 e. The minimum atomic E-state index is -0.321. The second-order valence-electron chi connectivity index (χ2n) is 4.61. The molecule has 2 amide bonds. The van der Waals surface area contributed by atoms with Gasteiger partial charge in [-0.25, -0.2) is 4.79 Å². The summed E-state index contributed by atoms with van der Waals surface area (Å²) in [6, 6.07) is 11.5. The highest BCUT2D eigenvalue weighted by Crippen LogP contribution is 2.26. The SMILES string of the molecule is CC(NC(=O)Nc1ccc(N)cc1)c1ccc(Cl)cc1Cl. The molecular weight excluding hydrogens is 309 g/mol. The quantitative estimate of drug-likeness (QED) is 0.730. The fourth-order valence-corrected chi connectivity index (χ4v) is 2.43. The Morgan fingerprint density at radius 1 is 1.14 bits per heavy atom. The first-order valence-electron chi connectivity index (χ1n) is 6.33. The van der Waals surface area contributed by atoms with Gasteiger partial charge >= 0.3 is 6.03 Å². The summed E-state index contributed by atoms with van der Waals surface area (Å²) in [5.41, 5.74) is 7.69. The van der Waals surface area contributed by atoms with Crippen LogP contribution in [0.4, 0.5) is 16.2 Å². The van der Waals surface area contributed by atoms with Gasteiger partial charge in [0.25, 0.3) is 0 Å². The number of hydrogen-bond donors (Lipinski definition) is 3. The van der Waals surface area contributed by atoms with Gasteiger partial charge in [-0.05, 0) is 48.9 Å². The molecule has 0 saturated heterocycles. The van der Waals surface area contributed by atoms with Crippen LogP contribution in [0, 0.1) is 0 Å². The Morgan fingerprint density at radius 2 is 1.81 bits per heavy atom. The van der Waals surface area contributed by atoms with E-state index in [1.54, 1.807) is 42.5 Å². The Bertz CT molecular complexity index is 644. The molecule has 21 heavy (non-hydrogen) atoms. The summed E-state index contributed by atoms with van der Waals surface area (Å²) in [7, 11) is 0. The van der Waals surface area contributed by atoms with Crippen LogP contribution < -0.4 is 16.4 Å². The van der Waals surface area contributed by atoms with E-state index in [1.165, 1.54) is 0 Å². The fraction of sp³-hybridized carbons (Fsp3) is 0.133. The van der Waals surface area contributed by atoms with Crippen molar-refractivity contribution in [2.75, 3.05) is 11.1 Å². The number of amides is 2. The molecule has 1 unspecified atom stereocenters. The van der Waals surface area contributed by atoms with E-state index in [-0.39, 0.29) is 12.1 Å². The maximum atomic E-state index is 11.9. The van der Waals surface area contributed by atoms with E-state index in [1.807, 2.05) is 6.92 Å². The highest BCUT2D eigenvalue weighted by molar-refractivity contribution is 6.35. The van der Waals surface area contributed by atoms with Gasteiger partial charge in [0.1, 0.15) is 0 Å². The lowest BCUT2D eigenvalue weighted by molar-refractivity contribution is 0.249. The third-order valence-corrected chi connectivity index (χ3v) is 3.51. The lowest BCUT2D eigenvalue weighted by Gasteiger charge is -2.16. The molecule has 0 spiro atoms. The number of nitrogen functional groups attached to an aromatic ring is 1. The van der Waals surface area contributed by atoms with Gasteiger partial charge < -0.3 is 16.4 Å². The number of carbonyl (C=O) groups excluding carboxylic acids is 1. The van der Waals surface area contributed by atoms with Crippen molar-refractivity contribution in [2.24, 2.45) is 0 Å². The van der Waals surface area contributed by atoms with Crippen LogP contribution in [-0.4, -0.2) is 6.03 Å². The van der Waals surface area contributed by atoms with Gasteiger partial charge in [-0.1, -0.05) is 29.3 Å². The standard InChI is InChI=1S/C15H15Cl2N3O/c1-9(13-7-2-10(16)8-14(13)17)19-15(21)20-12-5-3-11(18)4-6-12/h2-9H,18H2,1H3,(H2,19,20,21). The van der Waals surface area contributed by atoms with Crippen LogP contribution in [0.3, 0.4) is 0 Å². The van der Waals surface area contributed by atoms with Crippen LogP contribution in [0.15, 0.2) is 42.5 Å². The summed E-state index contributed by atoms with van der Waals surface area (Å²) in [6.07, 6.45) is 0. The highest BCUT2D eigenvalue weighted by Gasteiger charge is 2.13. The summed E-state index contributed by atoms with van der Waals surface area (Å²) < 4.78 is 0. The van der Waals surface area contributed by atoms with Crippen molar-refractivity contribution in [1.29, 1.82) is 0 Å². The fourth-order valence-electron chi connectivity index (χ4n) is 1.86. The molecule has 0 bridgehead atoms. The summed E-state index contributed by atoms with van der Waals surface area (Å²) >= 11 is 12.0. The Morgan fingerprint density at radius 3 is 2.43 bits per heavy atom. The third-order valence-electron chi connectivity index (χ3n) is 2.95. The average molecular weight is 324 g/mol. The molecule has 0 aliphatic carbocycles. The molecule has 0 aliphatic heterocycles. The van der Waals surface area contributed by atoms with Crippen LogP contribution in [0.5, 0.6) is 0 Å². The first-order chi connectivity index (χ1) is 9.95. The number of halogens is 2. The van der Waals surface area contributed by atoms with Crippen molar-refractivity contribution < 1.29 is 4.79 Å². The van der Waals surface area contributed by atoms with E-state index >= 15 is 0 Å². The zero-order chi connectivity index (χ0) is 15.4. The molecule has 0 radical (unpaired) electrons. The number of nitrogens with one attached hydrogen (secondary N) is 2. The average Bonchev–Trinajstić information content (AvgIpc) is 2.41. The second-order valence-corrected chi connectivity index (χ2v) is 5.45. The van der Waals surface area contributed by atoms with Gasteiger partial charge in [0.2, 0.25) is 0 Å². The predicted molar refractivity (Wildman–Crippen MR) is 87.9 cm³/mol. The number of anilines is 2. The van der Waals surface area contributed by atoms with E-state index < -0.39 is 0 Å². The molecule has 2 rings (SSSR count). The van der Waals surface area contributed by atoms with E-state index in [2.05, 4.69) is 10.6 Å². The van der Waals surface area contributed by atoms with E-state index in [4.69, 9.17) is 28.9 Å². The molecule has 6 heteroatoms. The van der Waals surface area contributed by atoms with Crippen LogP contribution in [0.1, 0.15) is 18.5 Å². The summed E-state index contributed by atoms with van der Waals surface area (Å²) in [5.74, 6) is 0. The predicted octanol–water partition coefficient (Wildman–Crippen LogP) is 4.46. The smallest absolute Gasteiger partial charge is 0.319 e. The number of hydrogen-bond acceptors (Lipinski definition) is 2. The molecule has 0 saturated carbocycles. The van der Waals surface area contributed by atoms with Gasteiger partial charge in [-0.15, -0.1) is 0 Å². The molecule has 4 N–H and O–H groups in total. The highest BCUT2D eigenvalue weighted by atomic mass is 35.5. The molecule has 2 aromatic rings. The van der Waals surface area contributed by atoms with Crippen LogP contribution in [0.25, 0.3) is 0 Å². The maximum absolute atomic E-state index is 11.9. The Hall–Kier alpha value is -1.91. The number of nitrogens with two attached hydrogens (primary N) is 1. The van der Waals surface area contributed by atoms with Crippen molar-refractivity contribution >= 4 is 40.6 Å². The first kappa shape index (κ1) is 15.5. The van der Waals surface area contributed by atoms with Gasteiger partial charge in [0.05, 0.1) is 6.04 Å². The summed E-state index contributed by atoms with van der Waals surface area (Å²) in [6.45, 7) is 1.84. The lowest BCUT2D eigenvalue weighted by atomic mass is 10.1. The van der Waals surface area contributed by atoms with Crippen LogP contribution in [-0.2, 0) is 0 Å². The van der Waals surface area contributed by atoms with Crippen molar-refractivity contribution in [1.82, 2.24) is 5.32 Å². The topological polar surface area (TPSA) is 67.2 Å².